The average Bonchev–Trinajstić information content (AvgIpc) is 3.31. The van der Waals surface area contributed by atoms with Gasteiger partial charge in [-0.1, -0.05) is 30.2 Å². The lowest BCUT2D eigenvalue weighted by molar-refractivity contribution is 0.204. The molecule has 0 amide bonds. The number of ether oxygens (including phenoxy) is 2. The fourth-order valence-electron chi connectivity index (χ4n) is 6.03. The van der Waals surface area contributed by atoms with Crippen LogP contribution in [0.3, 0.4) is 0 Å². The summed E-state index contributed by atoms with van der Waals surface area (Å²) in [6.07, 6.45) is 7.75. The lowest BCUT2D eigenvalue weighted by atomic mass is 9.81. The second-order valence-electron chi connectivity index (χ2n) is 9.85. The van der Waals surface area contributed by atoms with E-state index in [0.29, 0.717) is 12.0 Å². The van der Waals surface area contributed by atoms with Crippen LogP contribution in [-0.2, 0) is 0 Å². The number of likely N-dealkylation sites (tertiary alicyclic amines) is 1. The molecule has 0 spiro atoms. The summed E-state index contributed by atoms with van der Waals surface area (Å²) in [7, 11) is 1.79. The maximum absolute atomic E-state index is 6.25. The molecule has 0 radical (unpaired) electrons. The fraction of sp³-hybridized carbons (Fsp3) is 0.571. The number of hydrogen-bond donors (Lipinski definition) is 0. The molecule has 3 heterocycles. The van der Waals surface area contributed by atoms with E-state index in [1.54, 1.807) is 7.11 Å². The summed E-state index contributed by atoms with van der Waals surface area (Å²) in [5, 5.41) is 0. The molecule has 0 unspecified atom stereocenters. The van der Waals surface area contributed by atoms with Crippen molar-refractivity contribution in [1.29, 1.82) is 0 Å². The molecule has 0 aromatic heterocycles. The summed E-state index contributed by atoms with van der Waals surface area (Å²) < 4.78 is 12.0. The highest BCUT2D eigenvalue weighted by molar-refractivity contribution is 5.50. The second kappa shape index (κ2) is 9.84. The van der Waals surface area contributed by atoms with Crippen molar-refractivity contribution in [1.82, 2.24) is 9.80 Å². The van der Waals surface area contributed by atoms with Gasteiger partial charge in [0.05, 0.1) is 13.7 Å². The molecule has 32 heavy (non-hydrogen) atoms. The summed E-state index contributed by atoms with van der Waals surface area (Å²) in [6.45, 7) is 8.94. The first-order valence-corrected chi connectivity index (χ1v) is 12.6. The number of methoxy groups -OCH3 is 1. The number of rotatable bonds is 7. The smallest absolute Gasteiger partial charge is 0.122 e. The van der Waals surface area contributed by atoms with E-state index in [1.807, 2.05) is 0 Å². The Bertz CT molecular complexity index is 922. The van der Waals surface area contributed by atoms with Crippen molar-refractivity contribution < 1.29 is 9.47 Å². The van der Waals surface area contributed by atoms with E-state index in [-0.39, 0.29) is 0 Å². The Hall–Kier alpha value is -2.04. The fourth-order valence-corrected chi connectivity index (χ4v) is 6.03. The molecule has 2 aromatic rings. The van der Waals surface area contributed by atoms with Crippen molar-refractivity contribution in [3.8, 4) is 11.5 Å². The van der Waals surface area contributed by atoms with Gasteiger partial charge >= 0.3 is 0 Å². The van der Waals surface area contributed by atoms with Crippen molar-refractivity contribution in [2.24, 2.45) is 0 Å². The monoisotopic (exact) mass is 434 g/mol. The molecule has 3 aliphatic heterocycles. The third-order valence-electron chi connectivity index (χ3n) is 7.67. The molecule has 0 N–H and O–H groups in total. The van der Waals surface area contributed by atoms with Crippen molar-refractivity contribution in [3.63, 3.8) is 0 Å². The highest BCUT2D eigenvalue weighted by Gasteiger charge is 2.37. The molecular weight excluding hydrogens is 396 g/mol. The van der Waals surface area contributed by atoms with Crippen LogP contribution in [-0.4, -0.2) is 56.2 Å². The van der Waals surface area contributed by atoms with Crippen LogP contribution < -0.4 is 9.47 Å². The third-order valence-corrected chi connectivity index (χ3v) is 7.67. The van der Waals surface area contributed by atoms with Crippen LogP contribution in [0.5, 0.6) is 11.5 Å². The summed E-state index contributed by atoms with van der Waals surface area (Å²) in [5.41, 5.74) is 5.53. The first kappa shape index (κ1) is 21.8. The summed E-state index contributed by atoms with van der Waals surface area (Å²) in [6, 6.07) is 14.0. The molecule has 2 saturated heterocycles. The van der Waals surface area contributed by atoms with E-state index >= 15 is 0 Å². The van der Waals surface area contributed by atoms with E-state index in [2.05, 4.69) is 53.1 Å². The van der Waals surface area contributed by atoms with Crippen LogP contribution in [0.15, 0.2) is 36.4 Å². The number of benzene rings is 2. The van der Waals surface area contributed by atoms with Gasteiger partial charge < -0.3 is 14.4 Å². The van der Waals surface area contributed by atoms with Gasteiger partial charge in [0, 0.05) is 30.6 Å². The highest BCUT2D eigenvalue weighted by Crippen LogP contribution is 2.47. The van der Waals surface area contributed by atoms with Crippen LogP contribution in [0.2, 0.25) is 0 Å². The lowest BCUT2D eigenvalue weighted by Gasteiger charge is -2.38. The quantitative estimate of drug-likeness (QED) is 0.534. The molecular formula is C28H38N2O2. The summed E-state index contributed by atoms with van der Waals surface area (Å²) >= 11 is 0. The molecule has 0 bridgehead atoms. The predicted octanol–water partition coefficient (Wildman–Crippen LogP) is 5.54. The zero-order valence-corrected chi connectivity index (χ0v) is 19.8. The van der Waals surface area contributed by atoms with Crippen LogP contribution in [0.25, 0.3) is 0 Å². The van der Waals surface area contributed by atoms with E-state index in [0.717, 1.165) is 37.6 Å². The Morgan fingerprint density at radius 2 is 1.78 bits per heavy atom. The van der Waals surface area contributed by atoms with Crippen LogP contribution in [0.1, 0.15) is 72.7 Å². The number of nitrogens with zero attached hydrogens (tertiary/aromatic N) is 2. The molecule has 4 nitrogen and oxygen atoms in total. The zero-order chi connectivity index (χ0) is 21.9. The first-order valence-electron chi connectivity index (χ1n) is 12.6. The van der Waals surface area contributed by atoms with Crippen molar-refractivity contribution in [2.45, 2.75) is 57.4 Å². The number of aryl methyl sites for hydroxylation is 1. The molecule has 4 heteroatoms. The van der Waals surface area contributed by atoms with E-state index in [4.69, 9.17) is 9.47 Å². The van der Waals surface area contributed by atoms with Gasteiger partial charge in [0.15, 0.2) is 0 Å². The normalized spacial score (nSPS) is 23.6. The topological polar surface area (TPSA) is 24.9 Å². The minimum Gasteiger partial charge on any atom is -0.496 e. The molecule has 5 rings (SSSR count). The van der Waals surface area contributed by atoms with Crippen LogP contribution >= 0.6 is 0 Å². The van der Waals surface area contributed by atoms with Crippen molar-refractivity contribution >= 4 is 0 Å². The Morgan fingerprint density at radius 1 is 0.906 bits per heavy atom. The minimum atomic E-state index is 0.349. The molecule has 3 aliphatic rings. The zero-order valence-electron chi connectivity index (χ0n) is 19.8. The molecule has 0 saturated carbocycles. The van der Waals surface area contributed by atoms with Gasteiger partial charge in [-0.3, -0.25) is 4.90 Å². The largest absolute Gasteiger partial charge is 0.496 e. The van der Waals surface area contributed by atoms with Crippen LogP contribution in [0, 0.1) is 6.92 Å². The van der Waals surface area contributed by atoms with Gasteiger partial charge in [-0.2, -0.15) is 0 Å². The number of piperidine rings is 1. The third kappa shape index (κ3) is 4.53. The van der Waals surface area contributed by atoms with Gasteiger partial charge in [0.1, 0.15) is 11.5 Å². The molecule has 2 fully saturated rings. The Morgan fingerprint density at radius 3 is 2.62 bits per heavy atom. The molecule has 0 aliphatic carbocycles. The van der Waals surface area contributed by atoms with E-state index in [9.17, 15) is 0 Å². The SMILES string of the molecule is COc1ccc(C)cc1[C@H]1CN2CCC[C@H]2c2cc(OCCCN3CCCCC3)ccc21. The maximum atomic E-state index is 6.25. The Labute approximate surface area is 193 Å². The van der Waals surface area contributed by atoms with Gasteiger partial charge in [-0.05, 0) is 88.0 Å². The van der Waals surface area contributed by atoms with Gasteiger partial charge in [-0.15, -0.1) is 0 Å². The first-order chi connectivity index (χ1) is 15.7. The van der Waals surface area contributed by atoms with Crippen molar-refractivity contribution in [3.05, 3.63) is 58.7 Å². The van der Waals surface area contributed by atoms with Crippen molar-refractivity contribution in [2.75, 3.05) is 46.4 Å². The van der Waals surface area contributed by atoms with Gasteiger partial charge in [0.25, 0.3) is 0 Å². The lowest BCUT2D eigenvalue weighted by Crippen LogP contribution is -2.34. The standard InChI is InChI=1S/C28H38N2O2/c1-21-9-12-28(31-2)25(18-21)26-20-30-16-6-8-27(30)24-19-22(10-11-23(24)26)32-17-7-15-29-13-4-3-5-14-29/h9-12,18-19,26-27H,3-8,13-17,20H2,1-2H3/t26-,27-/m0/s1. The maximum Gasteiger partial charge on any atom is 0.122 e. The predicted molar refractivity (Wildman–Crippen MR) is 130 cm³/mol. The van der Waals surface area contributed by atoms with E-state index in [1.165, 1.54) is 74.0 Å². The summed E-state index contributed by atoms with van der Waals surface area (Å²) in [5.74, 6) is 2.38. The second-order valence-corrected chi connectivity index (χ2v) is 9.85. The average molecular weight is 435 g/mol. The highest BCUT2D eigenvalue weighted by atomic mass is 16.5. The van der Waals surface area contributed by atoms with Crippen LogP contribution in [0.4, 0.5) is 0 Å². The molecule has 2 aromatic carbocycles. The van der Waals surface area contributed by atoms with Gasteiger partial charge in [-0.25, -0.2) is 0 Å². The Balaban J connectivity index is 1.34. The molecule has 2 atom stereocenters. The molecule has 172 valence electrons. The Kier molecular flexibility index (Phi) is 6.70. The number of hydrogen-bond acceptors (Lipinski definition) is 4. The van der Waals surface area contributed by atoms with Gasteiger partial charge in [0.2, 0.25) is 0 Å². The minimum absolute atomic E-state index is 0.349. The summed E-state index contributed by atoms with van der Waals surface area (Å²) in [4.78, 5) is 5.27. The number of fused-ring (bicyclic) bond motifs is 3. The van der Waals surface area contributed by atoms with E-state index < -0.39 is 0 Å².